The first-order valence-corrected chi connectivity index (χ1v) is 18.6. The zero-order valence-corrected chi connectivity index (χ0v) is 31.8. The quantitative estimate of drug-likeness (QED) is 0.172. The third-order valence-corrected chi connectivity index (χ3v) is 11.1. The number of hydrogen-bond donors (Lipinski definition) is 3. The number of nitrogens with one attached hydrogen (secondary N) is 3. The number of rotatable bonds is 13. The summed E-state index contributed by atoms with van der Waals surface area (Å²) in [5, 5.41) is 22.3. The number of piperazine rings is 1. The van der Waals surface area contributed by atoms with Crippen LogP contribution in [-0.2, 0) is 14.3 Å². The highest BCUT2D eigenvalue weighted by molar-refractivity contribution is 6.31. The number of ether oxygens (including phenoxy) is 2. The predicted octanol–water partition coefficient (Wildman–Crippen LogP) is 3.61. The van der Waals surface area contributed by atoms with Gasteiger partial charge in [-0.05, 0) is 42.8 Å². The Morgan fingerprint density at radius 3 is 2.39 bits per heavy atom. The average Bonchev–Trinajstić information content (AvgIpc) is 3.15. The maximum atomic E-state index is 13.4. The molecule has 0 bridgehead atoms. The molecule has 15 heteroatoms. The molecular weight excluding hydrogens is 712 g/mol. The van der Waals surface area contributed by atoms with E-state index in [1.807, 2.05) is 24.3 Å². The predicted molar refractivity (Wildman–Crippen MR) is 204 cm³/mol. The van der Waals surface area contributed by atoms with Gasteiger partial charge in [-0.2, -0.15) is 10.4 Å². The summed E-state index contributed by atoms with van der Waals surface area (Å²) >= 11 is 6.23. The van der Waals surface area contributed by atoms with E-state index in [2.05, 4.69) is 64.6 Å². The molecule has 2 aromatic carbocycles. The van der Waals surface area contributed by atoms with Crippen molar-refractivity contribution in [1.82, 2.24) is 25.3 Å². The molecule has 1 atom stereocenters. The van der Waals surface area contributed by atoms with E-state index in [0.717, 1.165) is 43.1 Å². The van der Waals surface area contributed by atoms with E-state index in [9.17, 15) is 24.4 Å². The van der Waals surface area contributed by atoms with E-state index < -0.39 is 17.5 Å². The number of hydrogen-bond acceptors (Lipinski definition) is 11. The Balaban J connectivity index is 0.890. The Morgan fingerprint density at radius 1 is 1.02 bits per heavy atom. The fourth-order valence-electron chi connectivity index (χ4n) is 8.09. The molecule has 3 aliphatic rings. The first-order chi connectivity index (χ1) is 25.8. The molecule has 3 N–H and O–H groups in total. The zero-order chi connectivity index (χ0) is 38.6. The number of aromatic nitrogens is 2. The molecule has 3 aromatic rings. The van der Waals surface area contributed by atoms with Crippen molar-refractivity contribution >= 4 is 40.7 Å². The molecule has 2 aliphatic heterocycles. The summed E-state index contributed by atoms with van der Waals surface area (Å²) < 4.78 is 13.3. The van der Waals surface area contributed by atoms with Gasteiger partial charge in [-0.1, -0.05) is 39.3 Å². The van der Waals surface area contributed by atoms with E-state index in [0.29, 0.717) is 47.3 Å². The van der Waals surface area contributed by atoms with E-state index in [-0.39, 0.29) is 47.6 Å². The van der Waals surface area contributed by atoms with Gasteiger partial charge < -0.3 is 25.0 Å². The standard InChI is InChI=1S/C39H47ClN8O6/c1-38(2)36(39(3,4)37(38)54-29-10-7-26(23-41)30(40)22-29)45-34(51)25-5-8-28(9-6-25)47-16-14-46(15-17-47)18-20-53-19-13-42-27-21-33(50)48(43-24-27)31-11-12-32(49)44-35(31)52/h5-10,21-22,24,31,36-37,42H,11-20H2,1-4H3,(H,45,51)(H,44,49,52). The smallest absolute Gasteiger partial charge is 0.269 e. The number of amides is 3. The molecule has 6 rings (SSSR count). The van der Waals surface area contributed by atoms with Gasteiger partial charge in [0.15, 0.2) is 0 Å². The minimum atomic E-state index is -0.785. The second kappa shape index (κ2) is 16.2. The molecule has 3 heterocycles. The van der Waals surface area contributed by atoms with Gasteiger partial charge in [0.2, 0.25) is 5.91 Å². The average molecular weight is 759 g/mol. The lowest BCUT2D eigenvalue weighted by Gasteiger charge is -2.63. The Hall–Kier alpha value is -4.97. The van der Waals surface area contributed by atoms with Gasteiger partial charge in [-0.3, -0.25) is 29.4 Å². The highest BCUT2D eigenvalue weighted by atomic mass is 35.5. The van der Waals surface area contributed by atoms with Crippen molar-refractivity contribution in [3.8, 4) is 11.8 Å². The third kappa shape index (κ3) is 8.38. The van der Waals surface area contributed by atoms with E-state index in [4.69, 9.17) is 21.1 Å². The topological polar surface area (TPSA) is 171 Å². The molecule has 0 radical (unpaired) electrons. The van der Waals surface area contributed by atoms with Gasteiger partial charge in [-0.15, -0.1) is 0 Å². The highest BCUT2D eigenvalue weighted by Gasteiger charge is 2.64. The van der Waals surface area contributed by atoms with Crippen LogP contribution in [0.5, 0.6) is 5.75 Å². The lowest BCUT2D eigenvalue weighted by molar-refractivity contribution is -0.164. The maximum absolute atomic E-state index is 13.4. The largest absolute Gasteiger partial charge is 0.489 e. The monoisotopic (exact) mass is 758 g/mol. The van der Waals surface area contributed by atoms with Crippen LogP contribution in [0.3, 0.4) is 0 Å². The van der Waals surface area contributed by atoms with Crippen LogP contribution in [-0.4, -0.2) is 97.0 Å². The van der Waals surface area contributed by atoms with Gasteiger partial charge in [0.25, 0.3) is 17.4 Å². The molecule has 1 saturated carbocycles. The Labute approximate surface area is 319 Å². The summed E-state index contributed by atoms with van der Waals surface area (Å²) in [6.07, 6.45) is 1.73. The molecular formula is C39H47ClN8O6. The highest BCUT2D eigenvalue weighted by Crippen LogP contribution is 2.55. The summed E-state index contributed by atoms with van der Waals surface area (Å²) in [5.41, 5.74) is 1.50. The Morgan fingerprint density at radius 2 is 1.74 bits per heavy atom. The Kier molecular flexibility index (Phi) is 11.6. The number of piperidine rings is 1. The van der Waals surface area contributed by atoms with Crippen molar-refractivity contribution in [2.45, 2.75) is 58.7 Å². The maximum Gasteiger partial charge on any atom is 0.269 e. The van der Waals surface area contributed by atoms with E-state index in [1.165, 1.54) is 12.3 Å². The van der Waals surface area contributed by atoms with Gasteiger partial charge >= 0.3 is 0 Å². The second-order valence-corrected chi connectivity index (χ2v) is 15.6. The van der Waals surface area contributed by atoms with Crippen molar-refractivity contribution in [2.24, 2.45) is 10.8 Å². The molecule has 14 nitrogen and oxygen atoms in total. The van der Waals surface area contributed by atoms with Crippen LogP contribution in [0.4, 0.5) is 11.4 Å². The van der Waals surface area contributed by atoms with Crippen molar-refractivity contribution in [3.05, 3.63) is 81.2 Å². The summed E-state index contributed by atoms with van der Waals surface area (Å²) in [5.74, 6) is -0.384. The SMILES string of the molecule is CC1(C)C(NC(=O)c2ccc(N3CCN(CCOCCNc4cnn(C5CCC(=O)NC5=O)c(=O)c4)CC3)cc2)C(C)(C)C1Oc1ccc(C#N)c(Cl)c1. The molecule has 1 aromatic heterocycles. The van der Waals surface area contributed by atoms with Crippen LogP contribution < -0.4 is 31.1 Å². The van der Waals surface area contributed by atoms with Crippen molar-refractivity contribution in [2.75, 3.05) is 62.7 Å². The van der Waals surface area contributed by atoms with E-state index in [1.54, 1.807) is 18.2 Å². The fourth-order valence-corrected chi connectivity index (χ4v) is 8.30. The number of nitrogens with zero attached hydrogens (tertiary/aromatic N) is 5. The number of benzene rings is 2. The van der Waals surface area contributed by atoms with Crippen molar-refractivity contribution in [1.29, 1.82) is 5.26 Å². The number of halogens is 1. The van der Waals surface area contributed by atoms with Crippen molar-refractivity contribution in [3.63, 3.8) is 0 Å². The second-order valence-electron chi connectivity index (χ2n) is 15.2. The van der Waals surface area contributed by atoms with Gasteiger partial charge in [0, 0.05) is 85.9 Å². The van der Waals surface area contributed by atoms with Crippen LogP contribution in [0.15, 0.2) is 59.5 Å². The van der Waals surface area contributed by atoms with Crippen LogP contribution >= 0.6 is 11.6 Å². The number of nitriles is 1. The van der Waals surface area contributed by atoms with Crippen LogP contribution in [0.1, 0.15) is 62.5 Å². The van der Waals surface area contributed by atoms with E-state index >= 15 is 0 Å². The number of anilines is 2. The van der Waals surface area contributed by atoms with Crippen molar-refractivity contribution < 1.29 is 23.9 Å². The third-order valence-electron chi connectivity index (χ3n) is 10.8. The number of carbonyl (C=O) groups excluding carboxylic acids is 3. The molecule has 2 saturated heterocycles. The van der Waals surface area contributed by atoms with Crippen LogP contribution in [0.2, 0.25) is 5.02 Å². The van der Waals surface area contributed by atoms with Gasteiger partial charge in [0.1, 0.15) is 24.0 Å². The molecule has 3 fully saturated rings. The summed E-state index contributed by atoms with van der Waals surface area (Å²) in [4.78, 5) is 54.1. The summed E-state index contributed by atoms with van der Waals surface area (Å²) in [6, 6.07) is 15.4. The molecule has 286 valence electrons. The summed E-state index contributed by atoms with van der Waals surface area (Å²) in [7, 11) is 0. The van der Waals surface area contributed by atoms with Gasteiger partial charge in [0.05, 0.1) is 35.7 Å². The normalized spacial score (nSPS) is 22.1. The molecule has 1 unspecified atom stereocenters. The Bertz CT molecular complexity index is 1950. The van der Waals surface area contributed by atoms with Crippen LogP contribution in [0.25, 0.3) is 0 Å². The van der Waals surface area contributed by atoms with Gasteiger partial charge in [-0.25, -0.2) is 4.68 Å². The first kappa shape index (κ1) is 38.7. The minimum absolute atomic E-state index is 0.124. The number of imide groups is 1. The number of carbonyl (C=O) groups is 3. The summed E-state index contributed by atoms with van der Waals surface area (Å²) in [6.45, 7) is 14.2. The molecule has 0 spiro atoms. The molecule has 3 amide bonds. The zero-order valence-electron chi connectivity index (χ0n) is 31.1. The minimum Gasteiger partial charge on any atom is -0.489 e. The molecule has 54 heavy (non-hydrogen) atoms. The lowest BCUT2D eigenvalue weighted by atomic mass is 9.49. The van der Waals surface area contributed by atoms with Crippen LogP contribution in [0, 0.1) is 22.2 Å². The molecule has 1 aliphatic carbocycles. The first-order valence-electron chi connectivity index (χ1n) is 18.3. The lowest BCUT2D eigenvalue weighted by Crippen LogP contribution is -2.74. The fraction of sp³-hybridized carbons (Fsp3) is 0.487.